The maximum Gasteiger partial charge on any atom is 0.307 e. The number of benzene rings is 1. The minimum absolute atomic E-state index is 0.0174. The summed E-state index contributed by atoms with van der Waals surface area (Å²) in [6.45, 7) is 5.47. The molecule has 23 heavy (non-hydrogen) atoms. The molecular formula is C17H23NO5. The Morgan fingerprint density at radius 3 is 2.43 bits per heavy atom. The van der Waals surface area contributed by atoms with Crippen LogP contribution in [-0.4, -0.2) is 43.0 Å². The van der Waals surface area contributed by atoms with Crippen LogP contribution in [0.4, 0.5) is 0 Å². The van der Waals surface area contributed by atoms with Gasteiger partial charge < -0.3 is 19.5 Å². The van der Waals surface area contributed by atoms with Crippen molar-refractivity contribution >= 4 is 11.9 Å². The molecule has 0 unspecified atom stereocenters. The molecule has 1 N–H and O–H groups in total. The first-order valence-electron chi connectivity index (χ1n) is 7.61. The third-order valence-corrected chi connectivity index (χ3v) is 3.72. The second-order valence-corrected chi connectivity index (χ2v) is 6.03. The highest BCUT2D eigenvalue weighted by Gasteiger charge is 2.44. The summed E-state index contributed by atoms with van der Waals surface area (Å²) in [5.74, 6) is -1.43. The van der Waals surface area contributed by atoms with Crippen LogP contribution in [0.5, 0.6) is 0 Å². The number of methoxy groups -OCH3 is 1. The molecule has 0 bridgehead atoms. The number of nitrogens with one attached hydrogen (secondary N) is 1. The van der Waals surface area contributed by atoms with Gasteiger partial charge in [-0.3, -0.25) is 9.59 Å². The first-order valence-corrected chi connectivity index (χ1v) is 7.61. The van der Waals surface area contributed by atoms with E-state index in [-0.39, 0.29) is 18.4 Å². The number of rotatable bonds is 5. The Labute approximate surface area is 136 Å². The predicted octanol–water partition coefficient (Wildman–Crippen LogP) is 1.89. The Morgan fingerprint density at radius 2 is 1.91 bits per heavy atom. The highest BCUT2D eigenvalue weighted by atomic mass is 16.8. The van der Waals surface area contributed by atoms with Gasteiger partial charge in [0, 0.05) is 5.56 Å². The van der Waals surface area contributed by atoms with Crippen LogP contribution in [0.2, 0.25) is 0 Å². The molecule has 0 saturated carbocycles. The van der Waals surface area contributed by atoms with E-state index in [1.54, 1.807) is 38.1 Å². The van der Waals surface area contributed by atoms with Crippen molar-refractivity contribution in [3.63, 3.8) is 0 Å². The van der Waals surface area contributed by atoms with Gasteiger partial charge >= 0.3 is 5.97 Å². The molecule has 6 heteroatoms. The van der Waals surface area contributed by atoms with Crippen LogP contribution >= 0.6 is 0 Å². The molecule has 1 aromatic carbocycles. The van der Waals surface area contributed by atoms with Gasteiger partial charge in [-0.1, -0.05) is 18.2 Å². The van der Waals surface area contributed by atoms with E-state index >= 15 is 0 Å². The van der Waals surface area contributed by atoms with Gasteiger partial charge in [-0.25, -0.2) is 0 Å². The van der Waals surface area contributed by atoms with Crippen LogP contribution in [0, 0.1) is 0 Å². The van der Waals surface area contributed by atoms with Gasteiger partial charge in [-0.2, -0.15) is 0 Å². The van der Waals surface area contributed by atoms with E-state index in [0.29, 0.717) is 5.56 Å². The van der Waals surface area contributed by atoms with Crippen LogP contribution in [0.25, 0.3) is 0 Å². The van der Waals surface area contributed by atoms with Gasteiger partial charge in [0.05, 0.1) is 25.7 Å². The molecule has 0 aromatic heterocycles. The maximum atomic E-state index is 12.4. The quantitative estimate of drug-likeness (QED) is 0.838. The van der Waals surface area contributed by atoms with Crippen LogP contribution in [0.15, 0.2) is 30.3 Å². The van der Waals surface area contributed by atoms with E-state index in [9.17, 15) is 9.59 Å². The molecule has 1 heterocycles. The summed E-state index contributed by atoms with van der Waals surface area (Å²) in [6.07, 6.45) is -0.670. The van der Waals surface area contributed by atoms with Gasteiger partial charge in [0.25, 0.3) is 5.91 Å². The summed E-state index contributed by atoms with van der Waals surface area (Å²) in [6, 6.07) is 8.29. The molecule has 1 amide bonds. The minimum atomic E-state index is -0.754. The van der Waals surface area contributed by atoms with Crippen molar-refractivity contribution in [3.05, 3.63) is 35.9 Å². The highest BCUT2D eigenvalue weighted by molar-refractivity contribution is 5.94. The van der Waals surface area contributed by atoms with E-state index in [1.165, 1.54) is 7.11 Å². The maximum absolute atomic E-state index is 12.4. The molecule has 3 atom stereocenters. The number of hydrogen-bond donors (Lipinski definition) is 1. The summed E-state index contributed by atoms with van der Waals surface area (Å²) in [5.41, 5.74) is 0.521. The number of esters is 1. The third kappa shape index (κ3) is 4.53. The van der Waals surface area contributed by atoms with Crippen LogP contribution < -0.4 is 5.32 Å². The number of carbonyl (C=O) groups is 2. The third-order valence-electron chi connectivity index (χ3n) is 3.72. The van der Waals surface area contributed by atoms with E-state index in [1.807, 2.05) is 13.0 Å². The van der Waals surface area contributed by atoms with Crippen molar-refractivity contribution in [2.24, 2.45) is 0 Å². The fourth-order valence-electron chi connectivity index (χ4n) is 2.73. The topological polar surface area (TPSA) is 73.9 Å². The summed E-state index contributed by atoms with van der Waals surface area (Å²) in [4.78, 5) is 24.1. The molecule has 0 spiro atoms. The van der Waals surface area contributed by atoms with Crippen molar-refractivity contribution in [1.82, 2.24) is 5.32 Å². The van der Waals surface area contributed by atoms with Crippen molar-refractivity contribution in [2.45, 2.75) is 51.2 Å². The number of hydrogen-bond acceptors (Lipinski definition) is 5. The smallest absolute Gasteiger partial charge is 0.307 e. The van der Waals surface area contributed by atoms with E-state index in [2.05, 4.69) is 5.32 Å². The van der Waals surface area contributed by atoms with Crippen molar-refractivity contribution < 1.29 is 23.8 Å². The Kier molecular flexibility index (Phi) is 5.38. The predicted molar refractivity (Wildman–Crippen MR) is 83.8 cm³/mol. The Morgan fingerprint density at radius 1 is 1.26 bits per heavy atom. The molecular weight excluding hydrogens is 298 g/mol. The lowest BCUT2D eigenvalue weighted by Gasteiger charge is -2.26. The second-order valence-electron chi connectivity index (χ2n) is 6.03. The van der Waals surface area contributed by atoms with E-state index in [0.717, 1.165) is 0 Å². The number of ether oxygens (including phenoxy) is 3. The fraction of sp³-hybridized carbons (Fsp3) is 0.529. The lowest BCUT2D eigenvalue weighted by molar-refractivity contribution is -0.151. The van der Waals surface area contributed by atoms with Gasteiger partial charge in [0.2, 0.25) is 0 Å². The monoisotopic (exact) mass is 321 g/mol. The normalized spacial score (nSPS) is 24.0. The van der Waals surface area contributed by atoms with Crippen LogP contribution in [0.3, 0.4) is 0 Å². The molecule has 0 aliphatic carbocycles. The van der Waals surface area contributed by atoms with Crippen molar-refractivity contribution in [2.75, 3.05) is 7.11 Å². The molecule has 1 fully saturated rings. The van der Waals surface area contributed by atoms with Gasteiger partial charge in [-0.15, -0.1) is 0 Å². The highest BCUT2D eigenvalue weighted by Crippen LogP contribution is 2.30. The lowest BCUT2D eigenvalue weighted by atomic mass is 10.0. The zero-order chi connectivity index (χ0) is 17.0. The van der Waals surface area contributed by atoms with Crippen molar-refractivity contribution in [3.8, 4) is 0 Å². The second kappa shape index (κ2) is 7.10. The lowest BCUT2D eigenvalue weighted by Crippen LogP contribution is -2.48. The molecule has 1 aromatic rings. The van der Waals surface area contributed by atoms with Crippen LogP contribution in [0.1, 0.15) is 37.6 Å². The molecule has 2 rings (SSSR count). The molecule has 6 nitrogen and oxygen atoms in total. The fourth-order valence-corrected chi connectivity index (χ4v) is 2.73. The van der Waals surface area contributed by atoms with Crippen molar-refractivity contribution in [1.29, 1.82) is 0 Å². The average Bonchev–Trinajstić information content (AvgIpc) is 2.80. The Balaban J connectivity index is 2.14. The first-order chi connectivity index (χ1) is 10.8. The molecule has 126 valence electrons. The summed E-state index contributed by atoms with van der Waals surface area (Å²) >= 11 is 0. The molecule has 1 saturated heterocycles. The molecule has 0 radical (unpaired) electrons. The summed E-state index contributed by atoms with van der Waals surface area (Å²) in [7, 11) is 1.32. The Bertz CT molecular complexity index is 557. The van der Waals surface area contributed by atoms with Gasteiger partial charge in [0.15, 0.2) is 5.79 Å². The summed E-state index contributed by atoms with van der Waals surface area (Å²) in [5, 5.41) is 2.86. The molecule has 1 aliphatic heterocycles. The zero-order valence-corrected chi connectivity index (χ0v) is 13.9. The van der Waals surface area contributed by atoms with Crippen LogP contribution in [-0.2, 0) is 19.0 Å². The summed E-state index contributed by atoms with van der Waals surface area (Å²) < 4.78 is 16.3. The number of amides is 1. The SMILES string of the molecule is COC(=O)C[C@H](NC(=O)c1ccccc1)[C@H]1OC(C)(C)O[C@H]1C. The zero-order valence-electron chi connectivity index (χ0n) is 13.9. The number of carbonyl (C=O) groups excluding carboxylic acids is 2. The van der Waals surface area contributed by atoms with E-state index < -0.39 is 23.9 Å². The first kappa shape index (κ1) is 17.4. The minimum Gasteiger partial charge on any atom is -0.469 e. The average molecular weight is 321 g/mol. The molecule has 1 aliphatic rings. The van der Waals surface area contributed by atoms with Gasteiger partial charge in [-0.05, 0) is 32.9 Å². The van der Waals surface area contributed by atoms with E-state index in [4.69, 9.17) is 14.2 Å². The van der Waals surface area contributed by atoms with Gasteiger partial charge in [0.1, 0.15) is 6.10 Å². The Hall–Kier alpha value is -1.92. The largest absolute Gasteiger partial charge is 0.469 e. The standard InChI is InChI=1S/C17H23NO5/c1-11-15(23-17(2,3)22-11)13(10-14(19)21-4)18-16(20)12-8-6-5-7-9-12/h5-9,11,13,15H,10H2,1-4H3,(H,18,20)/t11-,13-,15-/m0/s1.